The van der Waals surface area contributed by atoms with Gasteiger partial charge < -0.3 is 15.2 Å². The van der Waals surface area contributed by atoms with E-state index in [2.05, 4.69) is 5.32 Å². The minimum absolute atomic E-state index is 0.172. The Bertz CT molecular complexity index is 579. The van der Waals surface area contributed by atoms with Crippen LogP contribution in [0.4, 0.5) is 17.6 Å². The third-order valence-electron chi connectivity index (χ3n) is 4.05. The molecule has 0 aliphatic carbocycles. The molecule has 1 unspecified atom stereocenters. The lowest BCUT2D eigenvalue weighted by Gasteiger charge is -2.29. The second-order valence-corrected chi connectivity index (χ2v) is 6.09. The SMILES string of the molecule is Cc1ccc(OC2C[C@H]3CC[C@@H](C2)N3)c(F)c1.O=C(O)C(F)(F)F. The van der Waals surface area contributed by atoms with E-state index in [0.29, 0.717) is 17.8 Å². The van der Waals surface area contributed by atoms with Crippen molar-refractivity contribution in [3.8, 4) is 5.75 Å². The second-order valence-electron chi connectivity index (χ2n) is 6.09. The van der Waals surface area contributed by atoms with E-state index in [4.69, 9.17) is 14.6 Å². The fraction of sp³-hybridized carbons (Fsp3) is 0.562. The number of fused-ring (bicyclic) bond motifs is 2. The number of carboxylic acids is 1. The van der Waals surface area contributed by atoms with Gasteiger partial charge in [-0.3, -0.25) is 0 Å². The van der Waals surface area contributed by atoms with Gasteiger partial charge in [0.15, 0.2) is 11.6 Å². The van der Waals surface area contributed by atoms with Gasteiger partial charge in [0.25, 0.3) is 0 Å². The van der Waals surface area contributed by atoms with Crippen molar-refractivity contribution < 1.29 is 32.2 Å². The number of nitrogens with one attached hydrogen (secondary N) is 1. The van der Waals surface area contributed by atoms with E-state index in [1.807, 2.05) is 13.0 Å². The van der Waals surface area contributed by atoms with Crippen molar-refractivity contribution in [1.82, 2.24) is 5.32 Å². The van der Waals surface area contributed by atoms with Gasteiger partial charge in [0, 0.05) is 12.1 Å². The first-order chi connectivity index (χ1) is 11.1. The second kappa shape index (κ2) is 7.38. The molecular formula is C16H19F4NO3. The van der Waals surface area contributed by atoms with Crippen molar-refractivity contribution >= 4 is 5.97 Å². The first-order valence-electron chi connectivity index (χ1n) is 7.64. The van der Waals surface area contributed by atoms with Crippen molar-refractivity contribution in [1.29, 1.82) is 0 Å². The van der Waals surface area contributed by atoms with Crippen LogP contribution in [-0.2, 0) is 4.79 Å². The molecule has 3 rings (SSSR count). The maximum atomic E-state index is 13.7. The molecule has 0 aromatic heterocycles. The van der Waals surface area contributed by atoms with Crippen LogP contribution >= 0.6 is 0 Å². The summed E-state index contributed by atoms with van der Waals surface area (Å²) in [4.78, 5) is 8.90. The molecule has 0 saturated carbocycles. The monoisotopic (exact) mass is 349 g/mol. The van der Waals surface area contributed by atoms with Crippen LogP contribution in [0.5, 0.6) is 5.75 Å². The van der Waals surface area contributed by atoms with E-state index < -0.39 is 12.1 Å². The maximum Gasteiger partial charge on any atom is 0.490 e. The van der Waals surface area contributed by atoms with Crippen molar-refractivity contribution in [3.63, 3.8) is 0 Å². The van der Waals surface area contributed by atoms with Crippen LogP contribution in [0.15, 0.2) is 18.2 Å². The fourth-order valence-electron chi connectivity index (χ4n) is 2.98. The number of carboxylic acid groups (broad SMARTS) is 1. The molecule has 2 N–H and O–H groups in total. The molecule has 1 aromatic carbocycles. The summed E-state index contributed by atoms with van der Waals surface area (Å²) in [5.41, 5.74) is 0.931. The van der Waals surface area contributed by atoms with E-state index in [-0.39, 0.29) is 11.9 Å². The van der Waals surface area contributed by atoms with Crippen molar-refractivity contribution in [2.45, 2.75) is 57.0 Å². The van der Waals surface area contributed by atoms with Gasteiger partial charge in [0.1, 0.15) is 6.10 Å². The minimum Gasteiger partial charge on any atom is -0.487 e. The zero-order chi connectivity index (χ0) is 17.9. The maximum absolute atomic E-state index is 13.7. The Kier molecular flexibility index (Phi) is 5.69. The number of halogens is 4. The number of alkyl halides is 3. The summed E-state index contributed by atoms with van der Waals surface area (Å²) in [5.74, 6) is -2.59. The lowest BCUT2D eigenvalue weighted by atomic mass is 10.0. The van der Waals surface area contributed by atoms with Crippen LogP contribution in [0.2, 0.25) is 0 Å². The summed E-state index contributed by atoms with van der Waals surface area (Å²) in [5, 5.41) is 10.7. The molecule has 2 saturated heterocycles. The first kappa shape index (κ1) is 18.5. The van der Waals surface area contributed by atoms with Crippen molar-refractivity contribution in [2.24, 2.45) is 0 Å². The molecule has 1 aromatic rings. The Morgan fingerprint density at radius 2 is 1.79 bits per heavy atom. The molecule has 2 heterocycles. The number of aryl methyl sites for hydroxylation is 1. The Morgan fingerprint density at radius 3 is 2.25 bits per heavy atom. The highest BCUT2D eigenvalue weighted by atomic mass is 19.4. The lowest BCUT2D eigenvalue weighted by Crippen LogP contribution is -2.42. The van der Waals surface area contributed by atoms with E-state index in [9.17, 15) is 17.6 Å². The summed E-state index contributed by atoms with van der Waals surface area (Å²) in [6, 6.07) is 6.33. The predicted octanol–water partition coefficient (Wildman–Crippen LogP) is 3.43. The van der Waals surface area contributed by atoms with E-state index in [1.54, 1.807) is 6.07 Å². The van der Waals surface area contributed by atoms with Gasteiger partial charge in [-0.25, -0.2) is 9.18 Å². The van der Waals surface area contributed by atoms with Gasteiger partial charge in [-0.2, -0.15) is 13.2 Å². The number of hydrogen-bond donors (Lipinski definition) is 2. The number of carbonyl (C=O) groups is 1. The Balaban J connectivity index is 0.000000256. The highest BCUT2D eigenvalue weighted by molar-refractivity contribution is 5.73. The zero-order valence-corrected chi connectivity index (χ0v) is 13.1. The van der Waals surface area contributed by atoms with Gasteiger partial charge in [0.05, 0.1) is 0 Å². The molecule has 0 amide bonds. The summed E-state index contributed by atoms with van der Waals surface area (Å²) in [6.07, 6.45) is -0.430. The quantitative estimate of drug-likeness (QED) is 0.803. The Morgan fingerprint density at radius 1 is 1.25 bits per heavy atom. The average molecular weight is 349 g/mol. The van der Waals surface area contributed by atoms with Crippen LogP contribution in [0.25, 0.3) is 0 Å². The number of aliphatic carboxylic acids is 1. The summed E-state index contributed by atoms with van der Waals surface area (Å²) < 4.78 is 51.2. The number of benzene rings is 1. The molecule has 2 aliphatic heterocycles. The van der Waals surface area contributed by atoms with Crippen LogP contribution in [0.1, 0.15) is 31.2 Å². The summed E-state index contributed by atoms with van der Waals surface area (Å²) in [6.45, 7) is 1.89. The fourth-order valence-corrected chi connectivity index (χ4v) is 2.98. The number of hydrogen-bond acceptors (Lipinski definition) is 3. The van der Waals surface area contributed by atoms with Crippen LogP contribution in [-0.4, -0.2) is 35.4 Å². The molecule has 2 aliphatic rings. The van der Waals surface area contributed by atoms with Gasteiger partial charge in [-0.05, 0) is 50.3 Å². The van der Waals surface area contributed by atoms with Crippen molar-refractivity contribution in [2.75, 3.05) is 0 Å². The standard InChI is InChI=1S/C14H18FNO.C2HF3O2/c1-9-2-5-14(13(15)6-9)17-12-7-10-3-4-11(8-12)16-10;3-2(4,5)1(6)7/h2,5-6,10-12,16H,3-4,7-8H2,1H3;(H,6,7)/t10-,11+,12?;. The topological polar surface area (TPSA) is 58.6 Å². The molecule has 8 heteroatoms. The number of piperidine rings is 1. The molecule has 0 radical (unpaired) electrons. The summed E-state index contributed by atoms with van der Waals surface area (Å²) >= 11 is 0. The molecule has 4 nitrogen and oxygen atoms in total. The molecule has 0 spiro atoms. The normalized spacial score (nSPS) is 25.6. The molecule has 3 atom stereocenters. The Labute approximate surface area is 136 Å². The molecule has 2 fully saturated rings. The van der Waals surface area contributed by atoms with Gasteiger partial charge >= 0.3 is 12.1 Å². The van der Waals surface area contributed by atoms with Crippen LogP contribution in [0, 0.1) is 12.7 Å². The van der Waals surface area contributed by atoms with E-state index in [0.717, 1.165) is 18.4 Å². The lowest BCUT2D eigenvalue weighted by molar-refractivity contribution is -0.192. The van der Waals surface area contributed by atoms with E-state index in [1.165, 1.54) is 18.9 Å². The third kappa shape index (κ3) is 5.09. The zero-order valence-electron chi connectivity index (χ0n) is 13.1. The summed E-state index contributed by atoms with van der Waals surface area (Å²) in [7, 11) is 0. The minimum atomic E-state index is -5.08. The largest absolute Gasteiger partial charge is 0.490 e. The highest BCUT2D eigenvalue weighted by Gasteiger charge is 2.38. The molecular weight excluding hydrogens is 330 g/mol. The average Bonchev–Trinajstić information content (AvgIpc) is 2.81. The van der Waals surface area contributed by atoms with Crippen molar-refractivity contribution in [3.05, 3.63) is 29.6 Å². The third-order valence-corrected chi connectivity index (χ3v) is 4.05. The Hall–Kier alpha value is -1.83. The van der Waals surface area contributed by atoms with Gasteiger partial charge in [-0.1, -0.05) is 6.07 Å². The van der Waals surface area contributed by atoms with E-state index >= 15 is 0 Å². The predicted molar refractivity (Wildman–Crippen MR) is 78.4 cm³/mol. The first-order valence-corrected chi connectivity index (χ1v) is 7.64. The van der Waals surface area contributed by atoms with Crippen LogP contribution < -0.4 is 10.1 Å². The van der Waals surface area contributed by atoms with Gasteiger partial charge in [0.2, 0.25) is 0 Å². The number of ether oxygens (including phenoxy) is 1. The smallest absolute Gasteiger partial charge is 0.487 e. The van der Waals surface area contributed by atoms with Crippen LogP contribution in [0.3, 0.4) is 0 Å². The number of rotatable bonds is 2. The highest BCUT2D eigenvalue weighted by Crippen LogP contribution is 2.30. The molecule has 2 bridgehead atoms. The molecule has 24 heavy (non-hydrogen) atoms. The molecule has 134 valence electrons. The van der Waals surface area contributed by atoms with Gasteiger partial charge in [-0.15, -0.1) is 0 Å².